The van der Waals surface area contributed by atoms with Crippen LogP contribution in [0.5, 0.6) is 5.75 Å². The van der Waals surface area contributed by atoms with Gasteiger partial charge in [-0.25, -0.2) is 9.18 Å². The normalized spacial score (nSPS) is 10.4. The molecule has 1 N–H and O–H groups in total. The fraction of sp³-hybridized carbons (Fsp3) is 0.188. The highest BCUT2D eigenvalue weighted by Crippen LogP contribution is 2.15. The second kappa shape index (κ2) is 6.85. The Hall–Kier alpha value is -2.40. The van der Waals surface area contributed by atoms with Crippen LogP contribution in [0.25, 0.3) is 0 Å². The van der Waals surface area contributed by atoms with Gasteiger partial charge in [-0.1, -0.05) is 12.1 Å². The smallest absolute Gasteiger partial charge is 0.335 e. The summed E-state index contributed by atoms with van der Waals surface area (Å²) in [5.41, 5.74) is 1.19. The van der Waals surface area contributed by atoms with Crippen molar-refractivity contribution in [1.29, 1.82) is 0 Å². The van der Waals surface area contributed by atoms with Crippen molar-refractivity contribution in [3.63, 3.8) is 0 Å². The summed E-state index contributed by atoms with van der Waals surface area (Å²) in [6.45, 7) is 0.319. The Morgan fingerprint density at radius 1 is 1.14 bits per heavy atom. The lowest BCUT2D eigenvalue weighted by atomic mass is 10.1. The quantitative estimate of drug-likeness (QED) is 0.887. The maximum atomic E-state index is 13.6. The van der Waals surface area contributed by atoms with E-state index < -0.39 is 11.8 Å². The predicted molar refractivity (Wildman–Crippen MR) is 74.8 cm³/mol. The second-order valence-corrected chi connectivity index (χ2v) is 4.45. The standard InChI is InChI=1S/C16H15FO4/c1-20-14-5-2-11(3-6-14)9-21-10-13-8-12(16(18)19)4-7-15(13)17/h2-8H,9-10H2,1H3,(H,18,19). The Balaban J connectivity index is 1.96. The monoisotopic (exact) mass is 290 g/mol. The fourth-order valence-corrected chi connectivity index (χ4v) is 1.82. The minimum atomic E-state index is -1.09. The summed E-state index contributed by atoms with van der Waals surface area (Å²) in [4.78, 5) is 10.8. The number of halogens is 1. The highest BCUT2D eigenvalue weighted by molar-refractivity contribution is 5.87. The molecular weight excluding hydrogens is 275 g/mol. The molecule has 0 aromatic heterocycles. The van der Waals surface area contributed by atoms with E-state index in [1.807, 2.05) is 24.3 Å². The molecule has 0 heterocycles. The van der Waals surface area contributed by atoms with E-state index in [1.165, 1.54) is 12.1 Å². The van der Waals surface area contributed by atoms with Gasteiger partial charge in [0.05, 0.1) is 25.9 Å². The number of rotatable bonds is 6. The molecule has 0 atom stereocenters. The average Bonchev–Trinajstić information content (AvgIpc) is 2.49. The van der Waals surface area contributed by atoms with Crippen LogP contribution < -0.4 is 4.74 Å². The van der Waals surface area contributed by atoms with E-state index in [-0.39, 0.29) is 17.7 Å². The van der Waals surface area contributed by atoms with E-state index in [0.717, 1.165) is 17.4 Å². The number of hydrogen-bond donors (Lipinski definition) is 1. The number of carboxylic acids is 1. The van der Waals surface area contributed by atoms with Crippen molar-refractivity contribution in [2.24, 2.45) is 0 Å². The molecule has 0 aliphatic heterocycles. The second-order valence-electron chi connectivity index (χ2n) is 4.45. The van der Waals surface area contributed by atoms with Crippen LogP contribution in [0.1, 0.15) is 21.5 Å². The lowest BCUT2D eigenvalue weighted by Crippen LogP contribution is -2.02. The molecule has 0 fully saturated rings. The summed E-state index contributed by atoms with van der Waals surface area (Å²) < 4.78 is 24.0. The number of ether oxygens (including phenoxy) is 2. The molecule has 0 saturated heterocycles. The third-order valence-electron chi connectivity index (χ3n) is 2.98. The molecule has 21 heavy (non-hydrogen) atoms. The number of carboxylic acid groups (broad SMARTS) is 1. The number of aromatic carboxylic acids is 1. The molecule has 110 valence electrons. The van der Waals surface area contributed by atoms with Crippen molar-refractivity contribution in [3.05, 3.63) is 65.0 Å². The van der Waals surface area contributed by atoms with Crippen LogP contribution in [-0.4, -0.2) is 18.2 Å². The zero-order valence-corrected chi connectivity index (χ0v) is 11.5. The van der Waals surface area contributed by atoms with Crippen molar-refractivity contribution in [1.82, 2.24) is 0 Å². The Morgan fingerprint density at radius 3 is 2.48 bits per heavy atom. The molecular formula is C16H15FO4. The molecule has 4 nitrogen and oxygen atoms in total. The molecule has 2 aromatic rings. The van der Waals surface area contributed by atoms with Crippen molar-refractivity contribution >= 4 is 5.97 Å². The van der Waals surface area contributed by atoms with E-state index in [4.69, 9.17) is 14.6 Å². The van der Waals surface area contributed by atoms with Crippen molar-refractivity contribution in [2.75, 3.05) is 7.11 Å². The van der Waals surface area contributed by atoms with Gasteiger partial charge in [-0.15, -0.1) is 0 Å². The summed E-state index contributed by atoms with van der Waals surface area (Å²) in [5, 5.41) is 8.88. The molecule has 5 heteroatoms. The van der Waals surface area contributed by atoms with E-state index in [2.05, 4.69) is 0 Å². The molecule has 2 aromatic carbocycles. The van der Waals surface area contributed by atoms with Crippen molar-refractivity contribution in [3.8, 4) is 5.75 Å². The Morgan fingerprint density at radius 2 is 1.86 bits per heavy atom. The van der Waals surface area contributed by atoms with Crippen LogP contribution in [0.15, 0.2) is 42.5 Å². The highest BCUT2D eigenvalue weighted by atomic mass is 19.1. The van der Waals surface area contributed by atoms with Gasteiger partial charge in [0.2, 0.25) is 0 Å². The number of hydrogen-bond acceptors (Lipinski definition) is 3. The summed E-state index contributed by atoms with van der Waals surface area (Å²) in [5.74, 6) is -0.819. The van der Waals surface area contributed by atoms with Crippen molar-refractivity contribution in [2.45, 2.75) is 13.2 Å². The van der Waals surface area contributed by atoms with Crippen LogP contribution in [0.4, 0.5) is 4.39 Å². The highest BCUT2D eigenvalue weighted by Gasteiger charge is 2.08. The Bertz CT molecular complexity index is 623. The topological polar surface area (TPSA) is 55.8 Å². The van der Waals surface area contributed by atoms with E-state index in [9.17, 15) is 9.18 Å². The first-order valence-corrected chi connectivity index (χ1v) is 6.32. The van der Waals surface area contributed by atoms with Gasteiger partial charge >= 0.3 is 5.97 Å². The molecule has 0 aliphatic rings. The van der Waals surface area contributed by atoms with Crippen molar-refractivity contribution < 1.29 is 23.8 Å². The minimum Gasteiger partial charge on any atom is -0.497 e. The molecule has 0 amide bonds. The fourth-order valence-electron chi connectivity index (χ4n) is 1.82. The maximum absolute atomic E-state index is 13.6. The van der Waals surface area contributed by atoms with Gasteiger partial charge in [0.25, 0.3) is 0 Å². The Kier molecular flexibility index (Phi) is 4.90. The van der Waals surface area contributed by atoms with Crippen LogP contribution in [0, 0.1) is 5.82 Å². The lowest BCUT2D eigenvalue weighted by Gasteiger charge is -2.07. The third-order valence-corrected chi connectivity index (χ3v) is 2.98. The van der Waals surface area contributed by atoms with Gasteiger partial charge in [-0.2, -0.15) is 0 Å². The summed E-state index contributed by atoms with van der Waals surface area (Å²) in [6, 6.07) is 11.0. The molecule has 0 bridgehead atoms. The first-order valence-electron chi connectivity index (χ1n) is 6.32. The van der Waals surface area contributed by atoms with Gasteiger partial charge in [0.1, 0.15) is 11.6 Å². The van der Waals surface area contributed by atoms with Crippen LogP contribution in [0.2, 0.25) is 0 Å². The first-order chi connectivity index (χ1) is 10.1. The summed E-state index contributed by atoms with van der Waals surface area (Å²) in [6.07, 6.45) is 0. The van der Waals surface area contributed by atoms with E-state index in [1.54, 1.807) is 7.11 Å². The number of methoxy groups -OCH3 is 1. The van der Waals surface area contributed by atoms with Crippen LogP contribution >= 0.6 is 0 Å². The number of carbonyl (C=O) groups is 1. The van der Waals surface area contributed by atoms with Gasteiger partial charge in [0.15, 0.2) is 0 Å². The van der Waals surface area contributed by atoms with Gasteiger partial charge in [0, 0.05) is 5.56 Å². The number of benzene rings is 2. The summed E-state index contributed by atoms with van der Waals surface area (Å²) in [7, 11) is 1.59. The molecule has 0 unspecified atom stereocenters. The Labute approximate surface area is 121 Å². The van der Waals surface area contributed by atoms with Gasteiger partial charge in [-0.3, -0.25) is 0 Å². The molecule has 0 radical (unpaired) electrons. The largest absolute Gasteiger partial charge is 0.497 e. The van der Waals surface area contributed by atoms with E-state index in [0.29, 0.717) is 6.61 Å². The molecule has 0 spiro atoms. The zero-order chi connectivity index (χ0) is 15.2. The maximum Gasteiger partial charge on any atom is 0.335 e. The van der Waals surface area contributed by atoms with Crippen LogP contribution in [0.3, 0.4) is 0 Å². The SMILES string of the molecule is COc1ccc(COCc2cc(C(=O)O)ccc2F)cc1. The molecule has 0 aliphatic carbocycles. The minimum absolute atomic E-state index is 0.0129. The van der Waals surface area contributed by atoms with Crippen LogP contribution in [-0.2, 0) is 18.0 Å². The third kappa shape index (κ3) is 4.03. The first kappa shape index (κ1) is 15.0. The zero-order valence-electron chi connectivity index (χ0n) is 11.5. The molecule has 0 saturated carbocycles. The van der Waals surface area contributed by atoms with E-state index >= 15 is 0 Å². The summed E-state index contributed by atoms with van der Waals surface area (Å²) >= 11 is 0. The predicted octanol–water partition coefficient (Wildman–Crippen LogP) is 3.25. The molecule has 2 rings (SSSR count). The average molecular weight is 290 g/mol. The van der Waals surface area contributed by atoms with Gasteiger partial charge < -0.3 is 14.6 Å². The lowest BCUT2D eigenvalue weighted by molar-refractivity contribution is 0.0696. The van der Waals surface area contributed by atoms with Gasteiger partial charge in [-0.05, 0) is 35.9 Å².